The molecule has 1 aromatic carbocycles. The fraction of sp³-hybridized carbons (Fsp3) is 0.357. The summed E-state index contributed by atoms with van der Waals surface area (Å²) in [6.45, 7) is 0. The number of thioether (sulfide) groups is 1. The molecule has 0 radical (unpaired) electrons. The zero-order valence-corrected chi connectivity index (χ0v) is 12.6. The van der Waals surface area contributed by atoms with Crippen LogP contribution < -0.4 is 5.32 Å². The van der Waals surface area contributed by atoms with Gasteiger partial charge in [0.05, 0.1) is 5.75 Å². The topological polar surface area (TPSA) is 68.0 Å². The standard InChI is InChI=1S/C14H12F3N3O2S/c15-14(16,17)13-19-12(20-22-13)8-1-3-9(4-2-8)18-11(21)7-23-10-5-6-10/h1-4,10H,5-7H2,(H,18,21). The van der Waals surface area contributed by atoms with Crippen LogP contribution in [0.2, 0.25) is 0 Å². The molecule has 0 aliphatic heterocycles. The van der Waals surface area contributed by atoms with Crippen molar-refractivity contribution < 1.29 is 22.5 Å². The van der Waals surface area contributed by atoms with Gasteiger partial charge in [-0.05, 0) is 37.1 Å². The highest BCUT2D eigenvalue weighted by Crippen LogP contribution is 2.34. The van der Waals surface area contributed by atoms with Gasteiger partial charge < -0.3 is 9.84 Å². The number of nitrogens with zero attached hydrogens (tertiary/aromatic N) is 2. The van der Waals surface area contributed by atoms with Gasteiger partial charge in [-0.1, -0.05) is 5.16 Å². The zero-order valence-electron chi connectivity index (χ0n) is 11.8. The molecule has 2 aromatic rings. The normalized spacial score (nSPS) is 14.7. The number of alkyl halides is 3. The molecule has 1 aliphatic rings. The average Bonchev–Trinajstić information content (AvgIpc) is 3.19. The molecule has 122 valence electrons. The van der Waals surface area contributed by atoms with Crippen LogP contribution in [-0.4, -0.2) is 27.1 Å². The fourth-order valence-corrected chi connectivity index (χ4v) is 2.71. The summed E-state index contributed by atoms with van der Waals surface area (Å²) in [7, 11) is 0. The molecule has 5 nitrogen and oxygen atoms in total. The molecule has 0 atom stereocenters. The van der Waals surface area contributed by atoms with E-state index in [9.17, 15) is 18.0 Å². The fourth-order valence-electron chi connectivity index (χ4n) is 1.78. The van der Waals surface area contributed by atoms with E-state index in [0.717, 1.165) is 12.8 Å². The lowest BCUT2D eigenvalue weighted by atomic mass is 10.2. The number of amides is 1. The third-order valence-electron chi connectivity index (χ3n) is 3.07. The first-order valence-corrected chi connectivity index (χ1v) is 7.89. The van der Waals surface area contributed by atoms with E-state index in [-0.39, 0.29) is 11.7 Å². The molecule has 1 amide bonds. The summed E-state index contributed by atoms with van der Waals surface area (Å²) in [6.07, 6.45) is -2.34. The van der Waals surface area contributed by atoms with Gasteiger partial charge in [0.1, 0.15) is 0 Å². The van der Waals surface area contributed by atoms with Crippen LogP contribution >= 0.6 is 11.8 Å². The molecule has 0 unspecified atom stereocenters. The summed E-state index contributed by atoms with van der Waals surface area (Å²) in [5.74, 6) is -1.25. The summed E-state index contributed by atoms with van der Waals surface area (Å²) in [4.78, 5) is 15.0. The third-order valence-corrected chi connectivity index (χ3v) is 4.44. The average molecular weight is 343 g/mol. The maximum atomic E-state index is 12.4. The number of carbonyl (C=O) groups excluding carboxylic acids is 1. The first kappa shape index (κ1) is 15.9. The SMILES string of the molecule is O=C(CSC1CC1)Nc1ccc(-c2noc(C(F)(F)F)n2)cc1. The van der Waals surface area contributed by atoms with Gasteiger partial charge in [0.2, 0.25) is 11.7 Å². The largest absolute Gasteiger partial charge is 0.471 e. The van der Waals surface area contributed by atoms with Crippen LogP contribution in [0, 0.1) is 0 Å². The number of hydrogen-bond acceptors (Lipinski definition) is 5. The van der Waals surface area contributed by atoms with Gasteiger partial charge in [-0.25, -0.2) is 0 Å². The molecule has 1 aliphatic carbocycles. The Bertz CT molecular complexity index is 696. The maximum absolute atomic E-state index is 12.4. The van der Waals surface area contributed by atoms with Crippen molar-refractivity contribution in [1.82, 2.24) is 10.1 Å². The Kier molecular flexibility index (Phi) is 4.29. The van der Waals surface area contributed by atoms with Crippen molar-refractivity contribution in [3.63, 3.8) is 0 Å². The number of hydrogen-bond donors (Lipinski definition) is 1. The first-order valence-electron chi connectivity index (χ1n) is 6.84. The molecule has 1 saturated carbocycles. The van der Waals surface area contributed by atoms with Gasteiger partial charge >= 0.3 is 12.1 Å². The molecule has 0 saturated heterocycles. The molecule has 1 aromatic heterocycles. The molecule has 23 heavy (non-hydrogen) atoms. The van der Waals surface area contributed by atoms with Crippen molar-refractivity contribution in [2.75, 3.05) is 11.1 Å². The van der Waals surface area contributed by atoms with Crippen LogP contribution in [0.5, 0.6) is 0 Å². The Balaban J connectivity index is 1.62. The van der Waals surface area contributed by atoms with E-state index >= 15 is 0 Å². The van der Waals surface area contributed by atoms with Crippen molar-refractivity contribution in [3.8, 4) is 11.4 Å². The Hall–Kier alpha value is -2.03. The molecule has 0 bridgehead atoms. The number of nitrogens with one attached hydrogen (secondary N) is 1. The lowest BCUT2D eigenvalue weighted by Gasteiger charge is -2.05. The van der Waals surface area contributed by atoms with Crippen molar-refractivity contribution in [2.45, 2.75) is 24.3 Å². The smallest absolute Gasteiger partial charge is 0.329 e. The van der Waals surface area contributed by atoms with Gasteiger partial charge in [0.25, 0.3) is 0 Å². The van der Waals surface area contributed by atoms with Gasteiger partial charge in [-0.2, -0.15) is 18.2 Å². The monoisotopic (exact) mass is 343 g/mol. The molecule has 9 heteroatoms. The van der Waals surface area contributed by atoms with E-state index in [4.69, 9.17) is 0 Å². The molecule has 1 heterocycles. The second-order valence-corrected chi connectivity index (χ2v) is 6.35. The highest BCUT2D eigenvalue weighted by molar-refractivity contribution is 8.00. The van der Waals surface area contributed by atoms with E-state index in [2.05, 4.69) is 20.0 Å². The molecule has 1 fully saturated rings. The Labute approximate surface area is 133 Å². The Morgan fingerprint density at radius 3 is 2.57 bits per heavy atom. The summed E-state index contributed by atoms with van der Waals surface area (Å²) in [6, 6.07) is 6.21. The lowest BCUT2D eigenvalue weighted by molar-refractivity contribution is -0.159. The number of benzene rings is 1. The van der Waals surface area contributed by atoms with E-state index in [1.165, 1.54) is 12.1 Å². The predicted octanol–water partition coefficient (Wildman–Crippen LogP) is 3.59. The van der Waals surface area contributed by atoms with Crippen LogP contribution in [-0.2, 0) is 11.0 Å². The zero-order chi connectivity index (χ0) is 16.4. The summed E-state index contributed by atoms with van der Waals surface area (Å²) >= 11 is 1.62. The summed E-state index contributed by atoms with van der Waals surface area (Å²) < 4.78 is 41.4. The highest BCUT2D eigenvalue weighted by atomic mass is 32.2. The third kappa shape index (κ3) is 4.25. The van der Waals surface area contributed by atoms with Gasteiger partial charge in [0, 0.05) is 16.5 Å². The van der Waals surface area contributed by atoms with E-state index in [1.54, 1.807) is 23.9 Å². The van der Waals surface area contributed by atoms with E-state index in [0.29, 0.717) is 22.3 Å². The first-order chi connectivity index (χ1) is 10.9. The minimum atomic E-state index is -4.67. The van der Waals surface area contributed by atoms with E-state index in [1.807, 2.05) is 0 Å². The van der Waals surface area contributed by atoms with Gasteiger partial charge in [-0.15, -0.1) is 11.8 Å². The van der Waals surface area contributed by atoms with Gasteiger partial charge in [0.15, 0.2) is 0 Å². The Morgan fingerprint density at radius 1 is 1.30 bits per heavy atom. The number of carbonyl (C=O) groups is 1. The Morgan fingerprint density at radius 2 is 2.00 bits per heavy atom. The summed E-state index contributed by atoms with van der Waals surface area (Å²) in [5.41, 5.74) is 0.935. The number of rotatable bonds is 5. The molecular weight excluding hydrogens is 331 g/mol. The van der Waals surface area contributed by atoms with Crippen molar-refractivity contribution in [1.29, 1.82) is 0 Å². The van der Waals surface area contributed by atoms with Crippen LogP contribution in [0.15, 0.2) is 28.8 Å². The second kappa shape index (κ2) is 6.23. The van der Waals surface area contributed by atoms with Crippen LogP contribution in [0.4, 0.5) is 18.9 Å². The number of halogens is 3. The van der Waals surface area contributed by atoms with Crippen molar-refractivity contribution >= 4 is 23.4 Å². The van der Waals surface area contributed by atoms with Gasteiger partial charge in [-0.3, -0.25) is 4.79 Å². The second-order valence-electron chi connectivity index (χ2n) is 5.06. The van der Waals surface area contributed by atoms with Crippen LogP contribution in [0.25, 0.3) is 11.4 Å². The molecular formula is C14H12F3N3O2S. The molecule has 1 N–H and O–H groups in total. The molecule has 0 spiro atoms. The maximum Gasteiger partial charge on any atom is 0.471 e. The number of anilines is 1. The minimum Gasteiger partial charge on any atom is -0.329 e. The highest BCUT2D eigenvalue weighted by Gasteiger charge is 2.38. The minimum absolute atomic E-state index is 0.103. The quantitative estimate of drug-likeness (QED) is 0.898. The number of aromatic nitrogens is 2. The predicted molar refractivity (Wildman–Crippen MR) is 78.8 cm³/mol. The van der Waals surface area contributed by atoms with Crippen LogP contribution in [0.1, 0.15) is 18.7 Å². The lowest BCUT2D eigenvalue weighted by Crippen LogP contribution is -2.14. The van der Waals surface area contributed by atoms with E-state index < -0.39 is 12.1 Å². The van der Waals surface area contributed by atoms with Crippen molar-refractivity contribution in [3.05, 3.63) is 30.2 Å². The van der Waals surface area contributed by atoms with Crippen molar-refractivity contribution in [2.24, 2.45) is 0 Å². The molecule has 3 rings (SSSR count). The van der Waals surface area contributed by atoms with Crippen LogP contribution in [0.3, 0.4) is 0 Å². The summed E-state index contributed by atoms with van der Waals surface area (Å²) in [5, 5.41) is 6.63.